The molecule has 2 saturated carbocycles. The first-order valence-corrected chi connectivity index (χ1v) is 16.4. The van der Waals surface area contributed by atoms with Crippen molar-refractivity contribution in [3.8, 4) is 0 Å². The van der Waals surface area contributed by atoms with Crippen LogP contribution in [0.3, 0.4) is 0 Å². The van der Waals surface area contributed by atoms with Crippen LogP contribution in [-0.2, 0) is 32.7 Å². The SMILES string of the molecule is O=C(OCCCCCCCCCCC1[C@@H](O)C(O)[C@H](O)CC1(O)C(=O)OC(O)(O)C12OP1(=O)O2)C1(O)C[C@@H](O)C(O)[C@H](O)C1. The zero-order valence-corrected chi connectivity index (χ0v) is 24.9. The number of rotatable bonds is 15. The topological polar surface area (TPSA) is 297 Å². The third-order valence-corrected chi connectivity index (χ3v) is 10.8. The van der Waals surface area contributed by atoms with E-state index in [4.69, 9.17) is 4.74 Å². The Hall–Kier alpha value is -1.31. The summed E-state index contributed by atoms with van der Waals surface area (Å²) in [6.45, 7) is 0.0412. The average molecular weight is 659 g/mol. The normalized spacial score (nSPS) is 43.2. The summed E-state index contributed by atoms with van der Waals surface area (Å²) in [6.07, 6.45) is -5.60. The summed E-state index contributed by atoms with van der Waals surface area (Å²) in [7, 11) is -3.75. The van der Waals surface area contributed by atoms with Crippen LogP contribution < -0.4 is 0 Å². The van der Waals surface area contributed by atoms with Crippen LogP contribution in [0.1, 0.15) is 77.0 Å². The van der Waals surface area contributed by atoms with E-state index in [0.29, 0.717) is 19.3 Å². The van der Waals surface area contributed by atoms with Crippen LogP contribution in [0.2, 0.25) is 0 Å². The molecule has 18 heteroatoms. The van der Waals surface area contributed by atoms with E-state index < -0.39 is 104 Å². The summed E-state index contributed by atoms with van der Waals surface area (Å²) >= 11 is 0. The Morgan fingerprint density at radius 2 is 1.20 bits per heavy atom. The molecule has 2 saturated heterocycles. The maximum atomic E-state index is 12.8. The average Bonchev–Trinajstić information content (AvgIpc) is 3.76. The van der Waals surface area contributed by atoms with Crippen LogP contribution in [0.25, 0.3) is 0 Å². The Bertz CT molecular complexity index is 1080. The number of carbonyl (C=O) groups excluding carboxylic acids is 2. The molecule has 2 aliphatic heterocycles. The van der Waals surface area contributed by atoms with Crippen molar-refractivity contribution in [1.29, 1.82) is 0 Å². The molecule has 0 amide bonds. The molecule has 4 aliphatic rings. The molecule has 10 N–H and O–H groups in total. The van der Waals surface area contributed by atoms with Crippen LogP contribution in [0.4, 0.5) is 0 Å². The first-order chi connectivity index (χ1) is 20.4. The number of esters is 2. The molecule has 17 nitrogen and oxygen atoms in total. The number of aliphatic hydroxyl groups is 10. The van der Waals surface area contributed by atoms with Crippen molar-refractivity contribution in [3.63, 3.8) is 0 Å². The summed E-state index contributed by atoms with van der Waals surface area (Å²) in [6, 6.07) is 0. The van der Waals surface area contributed by atoms with Gasteiger partial charge >= 0.3 is 31.0 Å². The van der Waals surface area contributed by atoms with E-state index in [0.717, 1.165) is 32.1 Å². The van der Waals surface area contributed by atoms with E-state index >= 15 is 0 Å². The zero-order chi connectivity index (χ0) is 32.7. The summed E-state index contributed by atoms with van der Waals surface area (Å²) in [5, 5.41) is 101. The maximum Gasteiger partial charge on any atom is 0.407 e. The highest BCUT2D eigenvalue weighted by atomic mass is 31.2. The quantitative estimate of drug-likeness (QED) is 0.0288. The number of ether oxygens (including phenoxy) is 2. The Labute approximate surface area is 252 Å². The lowest BCUT2D eigenvalue weighted by molar-refractivity contribution is -0.377. The molecule has 0 aromatic carbocycles. The van der Waals surface area contributed by atoms with E-state index in [9.17, 15) is 65.2 Å². The number of hydrogen-bond acceptors (Lipinski definition) is 17. The van der Waals surface area contributed by atoms with Gasteiger partial charge in [0.1, 0.15) is 12.2 Å². The van der Waals surface area contributed by atoms with Crippen molar-refractivity contribution in [2.75, 3.05) is 6.61 Å². The fourth-order valence-corrected chi connectivity index (χ4v) is 7.74. The molecule has 0 spiro atoms. The van der Waals surface area contributed by atoms with Crippen LogP contribution in [-0.4, -0.2) is 129 Å². The molecule has 3 unspecified atom stereocenters. The number of aliphatic hydroxyl groups excluding tert-OH is 6. The molecule has 44 heavy (non-hydrogen) atoms. The van der Waals surface area contributed by atoms with Crippen molar-refractivity contribution in [3.05, 3.63) is 0 Å². The minimum atomic E-state index is -3.75. The summed E-state index contributed by atoms with van der Waals surface area (Å²) in [5.41, 5.74) is -7.09. The minimum Gasteiger partial charge on any atom is -0.464 e. The molecule has 254 valence electrons. The zero-order valence-electron chi connectivity index (χ0n) is 24.0. The van der Waals surface area contributed by atoms with Gasteiger partial charge in [0.2, 0.25) is 0 Å². The van der Waals surface area contributed by atoms with Crippen molar-refractivity contribution in [1.82, 2.24) is 0 Å². The molecule has 2 heterocycles. The molecule has 2 aliphatic carbocycles. The van der Waals surface area contributed by atoms with E-state index in [2.05, 4.69) is 13.8 Å². The molecule has 0 aromatic heterocycles. The third-order valence-electron chi connectivity index (χ3n) is 8.98. The highest BCUT2D eigenvalue weighted by molar-refractivity contribution is 7.68. The van der Waals surface area contributed by atoms with E-state index in [1.165, 1.54) is 0 Å². The smallest absolute Gasteiger partial charge is 0.407 e. The van der Waals surface area contributed by atoms with Gasteiger partial charge in [0, 0.05) is 25.2 Å². The van der Waals surface area contributed by atoms with Crippen LogP contribution in [0.5, 0.6) is 0 Å². The molecule has 7 atom stereocenters. The first kappa shape index (κ1) is 35.5. The van der Waals surface area contributed by atoms with Crippen molar-refractivity contribution in [2.45, 2.75) is 136 Å². The molecular formula is C26H43O17P. The molecule has 4 fully saturated rings. The Morgan fingerprint density at radius 1 is 0.727 bits per heavy atom. The van der Waals surface area contributed by atoms with Gasteiger partial charge in [0.15, 0.2) is 11.2 Å². The summed E-state index contributed by atoms with van der Waals surface area (Å²) < 4.78 is 30.4. The Balaban J connectivity index is 1.12. The number of unbranched alkanes of at least 4 members (excludes halogenated alkanes) is 7. The van der Waals surface area contributed by atoms with Crippen molar-refractivity contribution in [2.24, 2.45) is 5.92 Å². The molecular weight excluding hydrogens is 615 g/mol. The Kier molecular flexibility index (Phi) is 10.6. The van der Waals surface area contributed by atoms with Gasteiger partial charge in [-0.1, -0.05) is 44.9 Å². The fraction of sp³-hybridized carbons (Fsp3) is 0.923. The standard InChI is InChI=1S/C26H43O17P/c27-15-11-23(35,12-16(28)19(15)31)21(33)40-10-8-6-4-2-1-3-5-7-9-14-18(30)20(32)17(29)13-24(14,36)22(34)41-25(37,38)26-42-44(26,39)43-26/h14-20,27-32,35-38H,1-13H2/t14?,15-,16-,17-,18-,19?,20?,23?,24?,26?,44?/m1/s1. The van der Waals surface area contributed by atoms with Gasteiger partial charge in [-0.3, -0.25) is 13.6 Å². The van der Waals surface area contributed by atoms with Gasteiger partial charge in [0.25, 0.3) is 0 Å². The number of hydrogen-bond donors (Lipinski definition) is 10. The van der Waals surface area contributed by atoms with Gasteiger partial charge in [0.05, 0.1) is 31.0 Å². The highest BCUT2D eigenvalue weighted by Gasteiger charge is 3.02. The number of fused-ring (bicyclic) bond motifs is 1. The lowest BCUT2D eigenvalue weighted by atomic mass is 9.69. The second-order valence-corrected chi connectivity index (χ2v) is 14.3. The van der Waals surface area contributed by atoms with Crippen LogP contribution in [0.15, 0.2) is 0 Å². The monoisotopic (exact) mass is 658 g/mol. The molecule has 4 rings (SSSR count). The van der Waals surface area contributed by atoms with E-state index in [-0.39, 0.29) is 13.0 Å². The first-order valence-electron chi connectivity index (χ1n) is 14.8. The number of carbonyl (C=O) groups is 2. The van der Waals surface area contributed by atoms with Gasteiger partial charge in [-0.25, -0.2) is 9.59 Å². The maximum absolute atomic E-state index is 12.8. The third kappa shape index (κ3) is 6.86. The lowest BCUT2D eigenvalue weighted by Crippen LogP contribution is -2.64. The second kappa shape index (κ2) is 13.1. The van der Waals surface area contributed by atoms with Gasteiger partial charge in [-0.05, 0) is 12.8 Å². The minimum absolute atomic E-state index is 0.0156. The summed E-state index contributed by atoms with van der Waals surface area (Å²) in [4.78, 5) is 25.0. The van der Waals surface area contributed by atoms with Crippen LogP contribution in [0, 0.1) is 5.92 Å². The van der Waals surface area contributed by atoms with Crippen molar-refractivity contribution >= 4 is 19.5 Å². The molecule has 0 aromatic rings. The van der Waals surface area contributed by atoms with E-state index in [1.54, 1.807) is 0 Å². The predicted molar refractivity (Wildman–Crippen MR) is 142 cm³/mol. The fourth-order valence-electron chi connectivity index (χ4n) is 6.12. The van der Waals surface area contributed by atoms with Gasteiger partial charge in [-0.2, -0.15) is 0 Å². The Morgan fingerprint density at radius 3 is 1.73 bits per heavy atom. The van der Waals surface area contributed by atoms with Crippen LogP contribution >= 0.6 is 7.60 Å². The molecule has 0 radical (unpaired) electrons. The summed E-state index contributed by atoms with van der Waals surface area (Å²) in [5.74, 6) is -7.41. The van der Waals surface area contributed by atoms with E-state index in [1.807, 2.05) is 0 Å². The van der Waals surface area contributed by atoms with Gasteiger partial charge in [-0.15, -0.1) is 0 Å². The van der Waals surface area contributed by atoms with Gasteiger partial charge < -0.3 is 60.5 Å². The van der Waals surface area contributed by atoms with Crippen molar-refractivity contribution < 1.29 is 83.7 Å². The lowest BCUT2D eigenvalue weighted by Gasteiger charge is -2.45. The largest absolute Gasteiger partial charge is 0.464 e. The highest BCUT2D eigenvalue weighted by Crippen LogP contribution is 2.99. The molecule has 0 bridgehead atoms. The predicted octanol–water partition coefficient (Wildman–Crippen LogP) is -2.43. The second-order valence-electron chi connectivity index (χ2n) is 12.4.